The van der Waals surface area contributed by atoms with Gasteiger partial charge in [0.25, 0.3) is 5.91 Å². The van der Waals surface area contributed by atoms with Crippen LogP contribution in [0.15, 0.2) is 0 Å². The van der Waals surface area contributed by atoms with Gasteiger partial charge >= 0.3 is 0 Å². The third kappa shape index (κ3) is 4.87. The molecule has 0 fully saturated rings. The van der Waals surface area contributed by atoms with Crippen LogP contribution in [0, 0.1) is 10.7 Å². The van der Waals surface area contributed by atoms with Gasteiger partial charge in [-0.2, -0.15) is 0 Å². The van der Waals surface area contributed by atoms with E-state index >= 15 is 0 Å². The molecule has 0 aromatic heterocycles. The van der Waals surface area contributed by atoms with Crippen LogP contribution in [0.25, 0.3) is 0 Å². The lowest BCUT2D eigenvalue weighted by Crippen LogP contribution is -2.26. The number of aliphatic hydroxyl groups excluding tert-OH is 3. The van der Waals surface area contributed by atoms with Gasteiger partial charge in [-0.15, -0.1) is 0 Å². The van der Waals surface area contributed by atoms with Crippen molar-refractivity contribution < 1.29 is 29.7 Å². The van der Waals surface area contributed by atoms with Gasteiger partial charge in [0, 0.05) is 12.7 Å². The summed E-state index contributed by atoms with van der Waals surface area (Å²) in [6.07, 6.45) is -1.67. The molecule has 0 radical (unpaired) electrons. The number of carbonyl (C=O) groups is 3. The van der Waals surface area contributed by atoms with Gasteiger partial charge in [0.15, 0.2) is 6.10 Å². The van der Waals surface area contributed by atoms with E-state index in [-0.39, 0.29) is 16.9 Å². The average molecular weight is 675 g/mol. The van der Waals surface area contributed by atoms with Gasteiger partial charge in [0.2, 0.25) is 11.8 Å². The summed E-state index contributed by atoms with van der Waals surface area (Å²) in [5.74, 6) is -2.44. The smallest absolute Gasteiger partial charge is 0.250 e. The van der Waals surface area contributed by atoms with Crippen LogP contribution in [0.3, 0.4) is 0 Å². The van der Waals surface area contributed by atoms with E-state index in [0.717, 1.165) is 0 Å². The van der Waals surface area contributed by atoms with Crippen LogP contribution >= 0.6 is 67.8 Å². The second-order valence-corrected chi connectivity index (χ2v) is 7.56. The van der Waals surface area contributed by atoms with Crippen molar-refractivity contribution in [1.82, 2.24) is 0 Å². The first-order valence-corrected chi connectivity index (χ1v) is 9.38. The number of carbonyl (C=O) groups excluding carboxylic acids is 3. The highest BCUT2D eigenvalue weighted by molar-refractivity contribution is 14.1. The SMILES string of the molecule is NC(=O)C(O)c1c(I)c(NC(=O)CO)c(I)c(NC(=O)CO)c1I. The predicted octanol–water partition coefficient (Wildman–Crippen LogP) is -0.119. The second kappa shape index (κ2) is 9.41. The number of anilines is 2. The van der Waals surface area contributed by atoms with E-state index in [9.17, 15) is 19.5 Å². The number of hydrogen-bond donors (Lipinski definition) is 6. The number of benzene rings is 1. The molecule has 0 bridgehead atoms. The van der Waals surface area contributed by atoms with Gasteiger partial charge in [0.05, 0.1) is 14.9 Å². The third-order valence-corrected chi connectivity index (χ3v) is 6.03. The largest absolute Gasteiger partial charge is 0.387 e. The molecule has 0 aliphatic carbocycles. The molecule has 0 saturated carbocycles. The zero-order valence-electron chi connectivity index (χ0n) is 11.8. The number of aliphatic hydroxyl groups is 3. The van der Waals surface area contributed by atoms with E-state index in [1.165, 1.54) is 0 Å². The van der Waals surface area contributed by atoms with Crippen molar-refractivity contribution in [2.45, 2.75) is 6.10 Å². The molecular weight excluding hydrogens is 663 g/mol. The molecule has 0 spiro atoms. The van der Waals surface area contributed by atoms with E-state index in [2.05, 4.69) is 10.6 Å². The fourth-order valence-electron chi connectivity index (χ4n) is 1.64. The van der Waals surface area contributed by atoms with Crippen LogP contribution in [-0.2, 0) is 14.4 Å². The average Bonchev–Trinajstić information content (AvgIpc) is 2.54. The van der Waals surface area contributed by atoms with Crippen LogP contribution in [0.1, 0.15) is 11.7 Å². The number of rotatable bonds is 6. The number of halogens is 3. The topological polar surface area (TPSA) is 162 Å². The van der Waals surface area contributed by atoms with Crippen LogP contribution < -0.4 is 16.4 Å². The van der Waals surface area contributed by atoms with Crippen LogP contribution in [0.2, 0.25) is 0 Å². The van der Waals surface area contributed by atoms with Crippen molar-refractivity contribution in [3.8, 4) is 0 Å². The first-order valence-electron chi connectivity index (χ1n) is 6.14. The van der Waals surface area contributed by atoms with Crippen molar-refractivity contribution in [3.05, 3.63) is 16.3 Å². The molecule has 1 atom stereocenters. The molecule has 0 aliphatic rings. The normalized spacial score (nSPS) is 11.8. The van der Waals surface area contributed by atoms with E-state index in [0.29, 0.717) is 10.7 Å². The molecule has 0 aliphatic heterocycles. The van der Waals surface area contributed by atoms with Gasteiger partial charge in [-0.25, -0.2) is 0 Å². The van der Waals surface area contributed by atoms with Crippen molar-refractivity contribution >= 4 is 96.9 Å². The Balaban J connectivity index is 3.67. The molecule has 12 heteroatoms. The van der Waals surface area contributed by atoms with Gasteiger partial charge in [-0.1, -0.05) is 0 Å². The van der Waals surface area contributed by atoms with Crippen molar-refractivity contribution in [3.63, 3.8) is 0 Å². The highest BCUT2D eigenvalue weighted by Crippen LogP contribution is 2.41. The summed E-state index contributed by atoms with van der Waals surface area (Å²) in [5, 5.41) is 32.8. The fraction of sp³-hybridized carbons (Fsp3) is 0.250. The number of primary amides is 1. The number of nitrogens with two attached hydrogens (primary N) is 1. The molecule has 1 aromatic carbocycles. The van der Waals surface area contributed by atoms with Crippen molar-refractivity contribution in [1.29, 1.82) is 0 Å². The molecule has 7 N–H and O–H groups in total. The molecule has 3 amide bonds. The molecule has 9 nitrogen and oxygen atoms in total. The molecule has 132 valence electrons. The fourth-order valence-corrected chi connectivity index (χ4v) is 5.94. The maximum Gasteiger partial charge on any atom is 0.250 e. The summed E-state index contributed by atoms with van der Waals surface area (Å²) in [5.41, 5.74) is 5.64. The summed E-state index contributed by atoms with van der Waals surface area (Å²) in [7, 11) is 0. The maximum atomic E-state index is 11.5. The Morgan fingerprint density at radius 2 is 1.29 bits per heavy atom. The van der Waals surface area contributed by atoms with Crippen LogP contribution in [0.5, 0.6) is 0 Å². The van der Waals surface area contributed by atoms with E-state index in [1.807, 2.05) is 67.8 Å². The quantitative estimate of drug-likeness (QED) is 0.231. The minimum atomic E-state index is -1.67. The summed E-state index contributed by atoms with van der Waals surface area (Å²) < 4.78 is 1.05. The highest BCUT2D eigenvalue weighted by atomic mass is 127. The van der Waals surface area contributed by atoms with E-state index in [4.69, 9.17) is 15.9 Å². The number of amides is 3. The lowest BCUT2D eigenvalue weighted by Gasteiger charge is -2.21. The molecule has 0 saturated heterocycles. The van der Waals surface area contributed by atoms with Crippen LogP contribution in [-0.4, -0.2) is 46.3 Å². The van der Waals surface area contributed by atoms with Crippen LogP contribution in [0.4, 0.5) is 11.4 Å². The number of nitrogens with one attached hydrogen (secondary N) is 2. The lowest BCUT2D eigenvalue weighted by atomic mass is 10.1. The Morgan fingerprint density at radius 1 is 0.917 bits per heavy atom. The molecular formula is C12H12I3N3O6. The molecule has 1 rings (SSSR count). The van der Waals surface area contributed by atoms with Gasteiger partial charge in [0.1, 0.15) is 13.2 Å². The Bertz CT molecular complexity index is 652. The van der Waals surface area contributed by atoms with E-state index < -0.39 is 37.0 Å². The minimum absolute atomic E-state index is 0.102. The first kappa shape index (κ1) is 21.7. The van der Waals surface area contributed by atoms with Gasteiger partial charge < -0.3 is 31.7 Å². The summed E-state index contributed by atoms with van der Waals surface area (Å²) in [6.45, 7) is -1.55. The van der Waals surface area contributed by atoms with Gasteiger partial charge in [-0.05, 0) is 67.8 Å². The predicted molar refractivity (Wildman–Crippen MR) is 110 cm³/mol. The van der Waals surface area contributed by atoms with E-state index in [1.54, 1.807) is 0 Å². The Labute approximate surface area is 177 Å². The molecule has 1 unspecified atom stereocenters. The zero-order valence-corrected chi connectivity index (χ0v) is 18.2. The zero-order chi connectivity index (χ0) is 18.6. The second-order valence-electron chi connectivity index (χ2n) is 4.32. The standard InChI is InChI=1S/C12H12I3N3O6/c13-6-5(11(23)12(16)24)7(14)10(18-4(22)2-20)8(15)9(6)17-3(21)1-19/h11,19-20,23H,1-2H2,(H2,16,24)(H,17,21)(H,18,22). The Morgan fingerprint density at radius 3 is 1.58 bits per heavy atom. The third-order valence-electron chi connectivity index (χ3n) is 2.71. The van der Waals surface area contributed by atoms with Gasteiger partial charge in [-0.3, -0.25) is 14.4 Å². The first-order chi connectivity index (χ1) is 11.1. The van der Waals surface area contributed by atoms with Crippen molar-refractivity contribution in [2.24, 2.45) is 5.73 Å². The summed E-state index contributed by atoms with van der Waals surface area (Å²) in [6, 6.07) is 0. The minimum Gasteiger partial charge on any atom is -0.387 e. The molecule has 24 heavy (non-hydrogen) atoms. The Kier molecular flexibility index (Phi) is 8.53. The molecule has 1 aromatic rings. The summed E-state index contributed by atoms with van der Waals surface area (Å²) >= 11 is 5.48. The summed E-state index contributed by atoms with van der Waals surface area (Å²) in [4.78, 5) is 34.4. The molecule has 0 heterocycles. The maximum absolute atomic E-state index is 11.5. The Hall–Kier alpha value is -0.300. The number of hydrogen-bond acceptors (Lipinski definition) is 6. The lowest BCUT2D eigenvalue weighted by molar-refractivity contribution is -0.126. The monoisotopic (exact) mass is 675 g/mol. The van der Waals surface area contributed by atoms with Crippen molar-refractivity contribution in [2.75, 3.05) is 23.8 Å². The highest BCUT2D eigenvalue weighted by Gasteiger charge is 2.28.